The van der Waals surface area contributed by atoms with E-state index in [1.54, 1.807) is 0 Å². The number of esters is 2. The molecule has 0 saturated heterocycles. The van der Waals surface area contributed by atoms with Gasteiger partial charge in [0.25, 0.3) is 6.29 Å². The van der Waals surface area contributed by atoms with E-state index in [0.717, 1.165) is 70.6 Å². The van der Waals surface area contributed by atoms with E-state index < -0.39 is 24.3 Å². The predicted molar refractivity (Wildman–Crippen MR) is 314 cm³/mol. The molecule has 0 aliphatic heterocycles. The van der Waals surface area contributed by atoms with Crippen LogP contribution in [-0.2, 0) is 33.3 Å². The van der Waals surface area contributed by atoms with Gasteiger partial charge >= 0.3 is 17.9 Å². The van der Waals surface area contributed by atoms with Crippen LogP contribution in [0, 0.1) is 0 Å². The summed E-state index contributed by atoms with van der Waals surface area (Å²) in [5.74, 6) is -2.00. The summed E-state index contributed by atoms with van der Waals surface area (Å²) < 4.78 is 22.9. The fourth-order valence-electron chi connectivity index (χ4n) is 9.07. The lowest BCUT2D eigenvalue weighted by Gasteiger charge is -2.25. The van der Waals surface area contributed by atoms with Gasteiger partial charge in [0.2, 0.25) is 0 Å². The van der Waals surface area contributed by atoms with Gasteiger partial charge < -0.3 is 28.5 Å². The van der Waals surface area contributed by atoms with Gasteiger partial charge in [0, 0.05) is 12.8 Å². The zero-order chi connectivity index (χ0) is 54.1. The van der Waals surface area contributed by atoms with Gasteiger partial charge in [0.15, 0.2) is 6.10 Å². The number of rotatable bonds is 58. The number of carboxylic acids is 1. The number of nitrogens with zero attached hydrogens (tertiary/aromatic N) is 1. The third kappa shape index (κ3) is 57.0. The Labute approximate surface area is 457 Å². The molecular weight excluding hydrogens is 923 g/mol. The van der Waals surface area contributed by atoms with Crippen LogP contribution < -0.4 is 0 Å². The Balaban J connectivity index is 4.14. The van der Waals surface area contributed by atoms with Crippen LogP contribution >= 0.6 is 0 Å². The first kappa shape index (κ1) is 71.2. The van der Waals surface area contributed by atoms with Crippen molar-refractivity contribution in [2.24, 2.45) is 0 Å². The monoisotopic (exact) mass is 1040 g/mol. The zero-order valence-corrected chi connectivity index (χ0v) is 49.3. The lowest BCUT2D eigenvalue weighted by atomic mass is 10.0. The Hall–Kier alpha value is -2.75. The first-order valence-electron chi connectivity index (χ1n) is 31.3. The van der Waals surface area contributed by atoms with Gasteiger partial charge in [-0.25, -0.2) is 4.79 Å². The fraction of sp³-hybridized carbons (Fsp3) is 0.831. The Morgan fingerprint density at radius 2 is 0.770 bits per heavy atom. The summed E-state index contributed by atoms with van der Waals surface area (Å²) in [6.07, 6.45) is 67.8. The molecule has 0 saturated carbocycles. The second-order valence-corrected chi connectivity index (χ2v) is 22.3. The van der Waals surface area contributed by atoms with Crippen LogP contribution in [0.3, 0.4) is 0 Å². The van der Waals surface area contributed by atoms with Crippen LogP contribution in [-0.4, -0.2) is 87.4 Å². The molecule has 432 valence electrons. The van der Waals surface area contributed by atoms with Crippen LogP contribution in [0.4, 0.5) is 0 Å². The number of hydrogen-bond acceptors (Lipinski definition) is 7. The first-order chi connectivity index (χ1) is 36.1. The SMILES string of the molecule is CC/C=C\C/C=C\C/C=C\C/C=C\CCCCCCCCCCC(=O)OC(COC(=O)CCCCCCCCCCCCCCCCCCCCCCCCCCCCCC)COC(OCC[N+](C)(C)C)C(=O)O. The molecule has 0 amide bonds. The van der Waals surface area contributed by atoms with Crippen LogP contribution in [0.2, 0.25) is 0 Å². The van der Waals surface area contributed by atoms with Crippen molar-refractivity contribution in [2.45, 2.75) is 302 Å². The van der Waals surface area contributed by atoms with Crippen molar-refractivity contribution in [3.8, 4) is 0 Å². The predicted octanol–water partition coefficient (Wildman–Crippen LogP) is 18.6. The number of carbonyl (C=O) groups is 3. The van der Waals surface area contributed by atoms with Gasteiger partial charge in [-0.3, -0.25) is 9.59 Å². The summed E-state index contributed by atoms with van der Waals surface area (Å²) in [6, 6.07) is 0. The Kier molecular flexibility index (Phi) is 54.4. The third-order valence-electron chi connectivity index (χ3n) is 13.8. The van der Waals surface area contributed by atoms with E-state index in [1.807, 2.05) is 21.1 Å². The molecule has 0 aromatic rings. The molecule has 0 fully saturated rings. The summed E-state index contributed by atoms with van der Waals surface area (Å²) in [5, 5.41) is 9.72. The number of likely N-dealkylation sites (N-methyl/N-ethyl adjacent to an activating group) is 1. The van der Waals surface area contributed by atoms with Gasteiger partial charge in [-0.15, -0.1) is 0 Å². The molecule has 0 heterocycles. The topological polar surface area (TPSA) is 108 Å². The molecule has 0 aromatic carbocycles. The highest BCUT2D eigenvalue weighted by Crippen LogP contribution is 2.18. The number of carbonyl (C=O) groups excluding carboxylic acids is 2. The van der Waals surface area contributed by atoms with Crippen molar-refractivity contribution in [3.63, 3.8) is 0 Å². The molecule has 74 heavy (non-hydrogen) atoms. The van der Waals surface area contributed by atoms with Crippen molar-refractivity contribution in [1.29, 1.82) is 0 Å². The number of carboxylic acid groups (broad SMARTS) is 1. The molecule has 0 bridgehead atoms. The van der Waals surface area contributed by atoms with Crippen molar-refractivity contribution in [3.05, 3.63) is 48.6 Å². The van der Waals surface area contributed by atoms with Crippen molar-refractivity contribution in [1.82, 2.24) is 0 Å². The number of unbranched alkanes of at least 4 members (excludes halogenated alkanes) is 35. The van der Waals surface area contributed by atoms with E-state index in [1.165, 1.54) is 186 Å². The van der Waals surface area contributed by atoms with Gasteiger partial charge in [-0.1, -0.05) is 274 Å². The van der Waals surface area contributed by atoms with Crippen LogP contribution in [0.25, 0.3) is 0 Å². The molecule has 0 aromatic heterocycles. The number of hydrogen-bond donors (Lipinski definition) is 1. The van der Waals surface area contributed by atoms with E-state index >= 15 is 0 Å². The standard InChI is InChI=1S/C65H119NO8/c1-6-8-10-12-14-16-18-20-22-24-26-28-29-30-31-32-33-34-36-37-39-41-43-45-47-49-51-53-55-62(67)72-59-61(60-73-65(64(69)70)71-58-57-66(3,4)5)74-63(68)56-54-52-50-48-46-44-42-40-38-35-27-25-23-21-19-17-15-13-11-9-7-2/h9,11,15,17,21,23,27,35,61,65H,6-8,10,12-14,16,18-20,22,24-26,28-34,36-60H2,1-5H3/p+1/b11-9-,17-15-,23-21-,35-27-. The summed E-state index contributed by atoms with van der Waals surface area (Å²) in [6.45, 7) is 4.80. The molecular formula is C65H120NO8+. The molecule has 2 atom stereocenters. The van der Waals surface area contributed by atoms with Crippen molar-refractivity contribution in [2.75, 3.05) is 47.5 Å². The highest BCUT2D eigenvalue weighted by Gasteiger charge is 2.25. The van der Waals surface area contributed by atoms with Gasteiger partial charge in [-0.2, -0.15) is 0 Å². The van der Waals surface area contributed by atoms with Gasteiger partial charge in [0.05, 0.1) is 34.4 Å². The second kappa shape index (κ2) is 56.5. The summed E-state index contributed by atoms with van der Waals surface area (Å²) in [7, 11) is 5.97. The van der Waals surface area contributed by atoms with Crippen LogP contribution in [0.15, 0.2) is 48.6 Å². The van der Waals surface area contributed by atoms with E-state index in [4.69, 9.17) is 18.9 Å². The Bertz CT molecular complexity index is 1350. The first-order valence-corrected chi connectivity index (χ1v) is 31.3. The summed E-state index contributed by atoms with van der Waals surface area (Å²) in [5.41, 5.74) is 0. The molecule has 9 nitrogen and oxygen atoms in total. The highest BCUT2D eigenvalue weighted by atomic mass is 16.7. The highest BCUT2D eigenvalue weighted by molar-refractivity contribution is 5.71. The number of quaternary nitrogens is 1. The van der Waals surface area contributed by atoms with E-state index in [0.29, 0.717) is 23.9 Å². The number of ether oxygens (including phenoxy) is 4. The minimum absolute atomic E-state index is 0.183. The normalized spacial score (nSPS) is 13.0. The molecule has 0 aliphatic rings. The molecule has 2 unspecified atom stereocenters. The maximum absolute atomic E-state index is 12.9. The maximum Gasteiger partial charge on any atom is 0.361 e. The molecule has 0 radical (unpaired) electrons. The number of aliphatic carboxylic acids is 1. The molecule has 1 N–H and O–H groups in total. The molecule has 0 aliphatic carbocycles. The average molecular weight is 1040 g/mol. The lowest BCUT2D eigenvalue weighted by Crippen LogP contribution is -2.40. The van der Waals surface area contributed by atoms with Crippen molar-refractivity contribution < 1.29 is 42.9 Å². The van der Waals surface area contributed by atoms with Crippen LogP contribution in [0.1, 0.15) is 290 Å². The third-order valence-corrected chi connectivity index (χ3v) is 13.8. The van der Waals surface area contributed by atoms with Crippen LogP contribution in [0.5, 0.6) is 0 Å². The minimum atomic E-state index is -1.51. The molecule has 0 spiro atoms. The fourth-order valence-corrected chi connectivity index (χ4v) is 9.07. The number of allylic oxidation sites excluding steroid dienone is 8. The smallest absolute Gasteiger partial charge is 0.361 e. The van der Waals surface area contributed by atoms with E-state index in [9.17, 15) is 19.5 Å². The zero-order valence-electron chi connectivity index (χ0n) is 49.3. The molecule has 9 heteroatoms. The van der Waals surface area contributed by atoms with E-state index in [-0.39, 0.29) is 32.2 Å². The maximum atomic E-state index is 12.9. The van der Waals surface area contributed by atoms with Crippen molar-refractivity contribution >= 4 is 17.9 Å². The molecule has 0 rings (SSSR count). The largest absolute Gasteiger partial charge is 0.477 e. The minimum Gasteiger partial charge on any atom is -0.477 e. The van der Waals surface area contributed by atoms with E-state index in [2.05, 4.69) is 62.5 Å². The average Bonchev–Trinajstić information content (AvgIpc) is 3.37. The Morgan fingerprint density at radius 1 is 0.419 bits per heavy atom. The lowest BCUT2D eigenvalue weighted by molar-refractivity contribution is -0.870. The summed E-state index contributed by atoms with van der Waals surface area (Å²) in [4.78, 5) is 37.5. The summed E-state index contributed by atoms with van der Waals surface area (Å²) >= 11 is 0. The Morgan fingerprint density at radius 3 is 1.15 bits per heavy atom. The van der Waals surface area contributed by atoms with Gasteiger partial charge in [-0.05, 0) is 51.4 Å². The second-order valence-electron chi connectivity index (χ2n) is 22.3. The quantitative estimate of drug-likeness (QED) is 0.0211. The van der Waals surface area contributed by atoms with Gasteiger partial charge in [0.1, 0.15) is 13.2 Å².